The molecule has 0 amide bonds. The SMILES string of the molecule is S=C1Cc2ccccc2N1c1ncncc1Cl. The van der Waals surface area contributed by atoms with E-state index in [1.54, 1.807) is 6.20 Å². The zero-order chi connectivity index (χ0) is 11.8. The minimum atomic E-state index is 0.506. The third-order valence-corrected chi connectivity index (χ3v) is 3.28. The second-order valence-electron chi connectivity index (χ2n) is 3.73. The van der Waals surface area contributed by atoms with Gasteiger partial charge in [-0.05, 0) is 11.6 Å². The molecule has 0 saturated carbocycles. The van der Waals surface area contributed by atoms with Crippen molar-refractivity contribution in [3.8, 4) is 0 Å². The van der Waals surface area contributed by atoms with Crippen molar-refractivity contribution in [3.05, 3.63) is 47.4 Å². The van der Waals surface area contributed by atoms with Gasteiger partial charge in [-0.1, -0.05) is 42.0 Å². The van der Waals surface area contributed by atoms with Gasteiger partial charge in [0.15, 0.2) is 5.82 Å². The van der Waals surface area contributed by atoms with Gasteiger partial charge in [0.2, 0.25) is 0 Å². The number of halogens is 1. The van der Waals surface area contributed by atoms with E-state index in [2.05, 4.69) is 16.0 Å². The number of benzene rings is 1. The Morgan fingerprint density at radius 1 is 1.29 bits per heavy atom. The van der Waals surface area contributed by atoms with Crippen LogP contribution in [-0.2, 0) is 6.42 Å². The van der Waals surface area contributed by atoms with E-state index < -0.39 is 0 Å². The van der Waals surface area contributed by atoms with Crippen LogP contribution in [0.4, 0.5) is 11.5 Å². The van der Waals surface area contributed by atoms with Crippen molar-refractivity contribution in [1.29, 1.82) is 0 Å². The van der Waals surface area contributed by atoms with Gasteiger partial charge in [-0.25, -0.2) is 9.97 Å². The number of hydrogen-bond donors (Lipinski definition) is 0. The van der Waals surface area contributed by atoms with Crippen LogP contribution in [-0.4, -0.2) is 15.0 Å². The van der Waals surface area contributed by atoms with Gasteiger partial charge in [-0.3, -0.25) is 4.90 Å². The van der Waals surface area contributed by atoms with Gasteiger partial charge in [0.05, 0.1) is 16.9 Å². The van der Waals surface area contributed by atoms with E-state index in [-0.39, 0.29) is 0 Å². The molecule has 3 rings (SSSR count). The van der Waals surface area contributed by atoms with E-state index in [0.29, 0.717) is 10.8 Å². The molecule has 0 radical (unpaired) electrons. The molecule has 0 bridgehead atoms. The lowest BCUT2D eigenvalue weighted by atomic mass is 10.2. The van der Waals surface area contributed by atoms with Crippen LogP contribution >= 0.6 is 23.8 Å². The van der Waals surface area contributed by atoms with Crippen molar-refractivity contribution in [1.82, 2.24) is 9.97 Å². The van der Waals surface area contributed by atoms with Gasteiger partial charge in [0.25, 0.3) is 0 Å². The summed E-state index contributed by atoms with van der Waals surface area (Å²) in [6, 6.07) is 8.07. The van der Waals surface area contributed by atoms with Crippen LogP contribution in [0.15, 0.2) is 36.8 Å². The minimum Gasteiger partial charge on any atom is -0.287 e. The number of fused-ring (bicyclic) bond motifs is 1. The Morgan fingerprint density at radius 2 is 2.12 bits per heavy atom. The summed E-state index contributed by atoms with van der Waals surface area (Å²) < 4.78 is 0. The fourth-order valence-corrected chi connectivity index (χ4v) is 2.49. The van der Waals surface area contributed by atoms with Crippen LogP contribution in [0.3, 0.4) is 0 Å². The van der Waals surface area contributed by atoms with Crippen molar-refractivity contribution in [2.24, 2.45) is 0 Å². The van der Waals surface area contributed by atoms with E-state index in [4.69, 9.17) is 23.8 Å². The number of hydrogen-bond acceptors (Lipinski definition) is 3. The maximum absolute atomic E-state index is 6.11. The normalized spacial score (nSPS) is 13.9. The van der Waals surface area contributed by atoms with Crippen LogP contribution in [0.5, 0.6) is 0 Å². The molecule has 0 unspecified atom stereocenters. The van der Waals surface area contributed by atoms with E-state index in [9.17, 15) is 0 Å². The van der Waals surface area contributed by atoms with Crippen LogP contribution in [0.2, 0.25) is 5.02 Å². The van der Waals surface area contributed by atoms with Gasteiger partial charge < -0.3 is 0 Å². The Bertz CT molecular complexity index is 600. The monoisotopic (exact) mass is 261 g/mol. The first kappa shape index (κ1) is 10.6. The summed E-state index contributed by atoms with van der Waals surface area (Å²) in [6.45, 7) is 0. The predicted molar refractivity (Wildman–Crippen MR) is 71.9 cm³/mol. The minimum absolute atomic E-state index is 0.506. The molecule has 0 spiro atoms. The molecule has 0 N–H and O–H groups in total. The number of aromatic nitrogens is 2. The Hall–Kier alpha value is -1.52. The standard InChI is InChI=1S/C12H8ClN3S/c13-9-6-14-7-15-12(9)16-10-4-2-1-3-8(10)5-11(16)17/h1-4,6-7H,5H2. The molecule has 2 aromatic rings. The third-order valence-electron chi connectivity index (χ3n) is 2.68. The maximum Gasteiger partial charge on any atom is 0.160 e. The van der Waals surface area contributed by atoms with Gasteiger partial charge >= 0.3 is 0 Å². The van der Waals surface area contributed by atoms with Gasteiger partial charge in [-0.2, -0.15) is 0 Å². The molecular weight excluding hydrogens is 254 g/mol. The summed E-state index contributed by atoms with van der Waals surface area (Å²) in [5, 5.41) is 0.506. The average Bonchev–Trinajstić information content (AvgIpc) is 2.66. The third kappa shape index (κ3) is 1.69. The first-order chi connectivity index (χ1) is 8.27. The Balaban J connectivity index is 2.16. The first-order valence-corrected chi connectivity index (χ1v) is 5.92. The van der Waals surface area contributed by atoms with Crippen LogP contribution in [0.1, 0.15) is 5.56 Å². The predicted octanol–water partition coefficient (Wildman–Crippen LogP) is 3.15. The van der Waals surface area contributed by atoms with Crippen molar-refractivity contribution < 1.29 is 0 Å². The number of anilines is 2. The molecule has 0 atom stereocenters. The lowest BCUT2D eigenvalue weighted by molar-refractivity contribution is 1.14. The highest BCUT2D eigenvalue weighted by Crippen LogP contribution is 2.37. The van der Waals surface area contributed by atoms with Crippen LogP contribution < -0.4 is 4.90 Å². The van der Waals surface area contributed by atoms with Crippen LogP contribution in [0, 0.1) is 0 Å². The largest absolute Gasteiger partial charge is 0.287 e. The lowest BCUT2D eigenvalue weighted by Gasteiger charge is -2.18. The molecule has 1 aliphatic heterocycles. The lowest BCUT2D eigenvalue weighted by Crippen LogP contribution is -2.20. The maximum atomic E-state index is 6.11. The summed E-state index contributed by atoms with van der Waals surface area (Å²) in [6.07, 6.45) is 3.81. The second kappa shape index (κ2) is 4.05. The molecule has 3 nitrogen and oxygen atoms in total. The number of nitrogens with zero attached hydrogens (tertiary/aromatic N) is 3. The summed E-state index contributed by atoms with van der Waals surface area (Å²) in [4.78, 5) is 10.8. The summed E-state index contributed by atoms with van der Waals surface area (Å²) in [5.74, 6) is 0.650. The Labute approximate surface area is 109 Å². The van der Waals surface area contributed by atoms with E-state index in [1.807, 2.05) is 23.1 Å². The van der Waals surface area contributed by atoms with Crippen molar-refractivity contribution in [3.63, 3.8) is 0 Å². The zero-order valence-corrected chi connectivity index (χ0v) is 10.4. The van der Waals surface area contributed by atoms with Crippen molar-refractivity contribution >= 4 is 40.3 Å². The average molecular weight is 262 g/mol. The highest BCUT2D eigenvalue weighted by atomic mass is 35.5. The molecule has 0 aliphatic carbocycles. The molecular formula is C12H8ClN3S. The Morgan fingerprint density at radius 3 is 2.94 bits per heavy atom. The molecule has 84 valence electrons. The molecule has 1 aromatic heterocycles. The van der Waals surface area contributed by atoms with Gasteiger partial charge in [0.1, 0.15) is 11.3 Å². The summed E-state index contributed by atoms with van der Waals surface area (Å²) in [7, 11) is 0. The molecule has 2 heterocycles. The van der Waals surface area contributed by atoms with Crippen LogP contribution in [0.25, 0.3) is 0 Å². The fourth-order valence-electron chi connectivity index (χ4n) is 1.96. The van der Waals surface area contributed by atoms with E-state index in [1.165, 1.54) is 11.9 Å². The fraction of sp³-hybridized carbons (Fsp3) is 0.0833. The van der Waals surface area contributed by atoms with Gasteiger partial charge in [-0.15, -0.1) is 0 Å². The molecule has 0 fully saturated rings. The van der Waals surface area contributed by atoms with E-state index in [0.717, 1.165) is 17.1 Å². The highest BCUT2D eigenvalue weighted by Gasteiger charge is 2.27. The highest BCUT2D eigenvalue weighted by molar-refractivity contribution is 7.80. The molecule has 1 aliphatic rings. The second-order valence-corrected chi connectivity index (χ2v) is 4.61. The zero-order valence-electron chi connectivity index (χ0n) is 8.80. The summed E-state index contributed by atoms with van der Waals surface area (Å²) in [5.41, 5.74) is 2.25. The van der Waals surface area contributed by atoms with E-state index >= 15 is 0 Å². The molecule has 17 heavy (non-hydrogen) atoms. The van der Waals surface area contributed by atoms with Gasteiger partial charge in [0, 0.05) is 6.42 Å². The number of thiocarbonyl (C=S) groups is 1. The summed E-state index contributed by atoms with van der Waals surface area (Å²) >= 11 is 11.5. The molecule has 5 heteroatoms. The van der Waals surface area contributed by atoms with Crippen molar-refractivity contribution in [2.75, 3.05) is 4.90 Å². The number of para-hydroxylation sites is 1. The van der Waals surface area contributed by atoms with Crippen molar-refractivity contribution in [2.45, 2.75) is 6.42 Å². The smallest absolute Gasteiger partial charge is 0.160 e. The number of rotatable bonds is 1. The molecule has 0 saturated heterocycles. The Kier molecular flexibility index (Phi) is 2.53. The molecule has 1 aromatic carbocycles. The topological polar surface area (TPSA) is 29.0 Å². The quantitative estimate of drug-likeness (QED) is 0.738. The first-order valence-electron chi connectivity index (χ1n) is 5.14.